The molecule has 0 aliphatic rings. The fourth-order valence-electron chi connectivity index (χ4n) is 3.20. The fraction of sp³-hybridized carbons (Fsp3) is 0.130. The van der Waals surface area contributed by atoms with Crippen molar-refractivity contribution in [3.63, 3.8) is 0 Å². The van der Waals surface area contributed by atoms with Crippen LogP contribution in [0.2, 0.25) is 0 Å². The van der Waals surface area contributed by atoms with Gasteiger partial charge in [0, 0.05) is 6.20 Å². The molecular weight excluding hydrogens is 338 g/mol. The van der Waals surface area contributed by atoms with Crippen LogP contribution in [0, 0.1) is 0 Å². The molecule has 0 amide bonds. The summed E-state index contributed by atoms with van der Waals surface area (Å²) >= 11 is 0. The number of pyridine rings is 1. The Labute approximate surface area is 157 Å². The quantitative estimate of drug-likeness (QED) is 0.397. The number of aromatic nitrogens is 1. The third-order valence-electron chi connectivity index (χ3n) is 4.38. The molecule has 27 heavy (non-hydrogen) atoms. The van der Waals surface area contributed by atoms with Crippen LogP contribution in [0.4, 0.5) is 0 Å². The standard InChI is InChI=1S/C21H15NO3.C2H6/c1-25-21(24)18-12-15-9-10-22-20(23)19(15)17-11-14(7-8-16(17)18)13-5-3-2-4-6-13;1-2/h2-12H,1H3,(H,22,23);1-2H3. The van der Waals surface area contributed by atoms with Gasteiger partial charge >= 0.3 is 5.97 Å². The Bertz CT molecular complexity index is 1160. The molecule has 1 heterocycles. The van der Waals surface area contributed by atoms with Crippen molar-refractivity contribution >= 4 is 27.5 Å². The van der Waals surface area contributed by atoms with Crippen LogP contribution in [0.3, 0.4) is 0 Å². The Morgan fingerprint density at radius 3 is 2.33 bits per heavy atom. The second-order valence-corrected chi connectivity index (χ2v) is 5.81. The second kappa shape index (κ2) is 7.87. The lowest BCUT2D eigenvalue weighted by Gasteiger charge is -2.10. The van der Waals surface area contributed by atoms with Crippen molar-refractivity contribution < 1.29 is 9.53 Å². The van der Waals surface area contributed by atoms with E-state index in [0.29, 0.717) is 21.7 Å². The number of fused-ring (bicyclic) bond motifs is 3. The number of hydrogen-bond donors (Lipinski definition) is 1. The molecule has 4 aromatic rings. The van der Waals surface area contributed by atoms with Crippen LogP contribution >= 0.6 is 0 Å². The lowest BCUT2D eigenvalue weighted by molar-refractivity contribution is 0.0603. The Morgan fingerprint density at radius 2 is 1.63 bits per heavy atom. The van der Waals surface area contributed by atoms with E-state index in [4.69, 9.17) is 4.74 Å². The van der Waals surface area contributed by atoms with Crippen LogP contribution < -0.4 is 5.56 Å². The zero-order chi connectivity index (χ0) is 19.4. The van der Waals surface area contributed by atoms with Gasteiger partial charge in [-0.25, -0.2) is 4.79 Å². The number of H-pyrrole nitrogens is 1. The summed E-state index contributed by atoms with van der Waals surface area (Å²) in [4.78, 5) is 27.3. The normalized spacial score (nSPS) is 10.3. The predicted octanol–water partition coefficient (Wildman–Crippen LogP) is 5.16. The highest BCUT2D eigenvalue weighted by Crippen LogP contribution is 2.31. The SMILES string of the molecule is CC.COC(=O)c1cc2cc[nH]c(=O)c2c2cc(-c3ccccc3)ccc12. The first-order valence-electron chi connectivity index (χ1n) is 8.91. The van der Waals surface area contributed by atoms with E-state index < -0.39 is 5.97 Å². The van der Waals surface area contributed by atoms with Crippen molar-refractivity contribution in [1.82, 2.24) is 4.98 Å². The molecule has 0 bridgehead atoms. The molecule has 0 aliphatic carbocycles. The number of carbonyl (C=O) groups is 1. The molecule has 0 aliphatic heterocycles. The average Bonchev–Trinajstić information content (AvgIpc) is 2.74. The van der Waals surface area contributed by atoms with Crippen molar-refractivity contribution in [2.45, 2.75) is 13.8 Å². The maximum absolute atomic E-state index is 12.4. The monoisotopic (exact) mass is 359 g/mol. The highest BCUT2D eigenvalue weighted by molar-refractivity contribution is 6.16. The first kappa shape index (κ1) is 18.4. The molecule has 0 saturated carbocycles. The van der Waals surface area contributed by atoms with Gasteiger partial charge in [-0.15, -0.1) is 0 Å². The lowest BCUT2D eigenvalue weighted by Crippen LogP contribution is -2.08. The van der Waals surface area contributed by atoms with Gasteiger partial charge in [0.15, 0.2) is 0 Å². The Morgan fingerprint density at radius 1 is 0.889 bits per heavy atom. The Hall–Kier alpha value is -3.40. The Kier molecular flexibility index (Phi) is 5.36. The molecular formula is C23H21NO3. The van der Waals surface area contributed by atoms with Gasteiger partial charge in [-0.2, -0.15) is 0 Å². The minimum absolute atomic E-state index is 0.177. The molecule has 3 aromatic carbocycles. The number of rotatable bonds is 2. The topological polar surface area (TPSA) is 59.2 Å². The summed E-state index contributed by atoms with van der Waals surface area (Å²) in [6.07, 6.45) is 1.58. The average molecular weight is 359 g/mol. The van der Waals surface area contributed by atoms with Gasteiger partial charge < -0.3 is 9.72 Å². The molecule has 4 heteroatoms. The van der Waals surface area contributed by atoms with E-state index in [-0.39, 0.29) is 5.56 Å². The minimum atomic E-state index is -0.417. The zero-order valence-corrected chi connectivity index (χ0v) is 15.6. The number of esters is 1. The first-order chi connectivity index (χ1) is 13.2. The van der Waals surface area contributed by atoms with Crippen LogP contribution in [-0.2, 0) is 4.74 Å². The smallest absolute Gasteiger partial charge is 0.338 e. The van der Waals surface area contributed by atoms with Gasteiger partial charge in [0.2, 0.25) is 0 Å². The summed E-state index contributed by atoms with van der Waals surface area (Å²) in [5, 5.41) is 2.72. The molecule has 0 atom stereocenters. The van der Waals surface area contributed by atoms with Crippen molar-refractivity contribution in [2.75, 3.05) is 7.11 Å². The van der Waals surface area contributed by atoms with Crippen molar-refractivity contribution in [1.29, 1.82) is 0 Å². The predicted molar refractivity (Wildman–Crippen MR) is 110 cm³/mol. The molecule has 4 nitrogen and oxygen atoms in total. The van der Waals surface area contributed by atoms with Crippen LogP contribution in [0.1, 0.15) is 24.2 Å². The van der Waals surface area contributed by atoms with Crippen molar-refractivity contribution in [2.24, 2.45) is 0 Å². The van der Waals surface area contributed by atoms with E-state index in [1.165, 1.54) is 7.11 Å². The number of hydrogen-bond acceptors (Lipinski definition) is 3. The highest BCUT2D eigenvalue weighted by Gasteiger charge is 2.15. The number of nitrogens with one attached hydrogen (secondary N) is 1. The number of benzene rings is 3. The summed E-state index contributed by atoms with van der Waals surface area (Å²) in [6, 6.07) is 19.2. The minimum Gasteiger partial charge on any atom is -0.465 e. The molecule has 0 spiro atoms. The van der Waals surface area contributed by atoms with E-state index in [0.717, 1.165) is 16.5 Å². The maximum Gasteiger partial charge on any atom is 0.338 e. The highest BCUT2D eigenvalue weighted by atomic mass is 16.5. The van der Waals surface area contributed by atoms with Gasteiger partial charge in [-0.05, 0) is 45.5 Å². The van der Waals surface area contributed by atoms with Gasteiger partial charge in [-0.1, -0.05) is 56.3 Å². The van der Waals surface area contributed by atoms with Gasteiger partial charge in [0.25, 0.3) is 5.56 Å². The third-order valence-corrected chi connectivity index (χ3v) is 4.38. The Balaban J connectivity index is 0.00000102. The number of carbonyl (C=O) groups excluding carboxylic acids is 1. The van der Waals surface area contributed by atoms with Crippen LogP contribution in [0.5, 0.6) is 0 Å². The largest absolute Gasteiger partial charge is 0.465 e. The number of ether oxygens (including phenoxy) is 1. The van der Waals surface area contributed by atoms with Crippen molar-refractivity contribution in [3.8, 4) is 11.1 Å². The molecule has 1 aromatic heterocycles. The van der Waals surface area contributed by atoms with E-state index in [9.17, 15) is 9.59 Å². The summed E-state index contributed by atoms with van der Waals surface area (Å²) in [5.41, 5.74) is 2.31. The van der Waals surface area contributed by atoms with Crippen LogP contribution in [0.25, 0.3) is 32.7 Å². The van der Waals surface area contributed by atoms with Crippen molar-refractivity contribution in [3.05, 3.63) is 82.8 Å². The molecule has 136 valence electrons. The second-order valence-electron chi connectivity index (χ2n) is 5.81. The number of aromatic amines is 1. The molecule has 0 saturated heterocycles. The van der Waals surface area contributed by atoms with E-state index in [1.807, 2.05) is 62.4 Å². The lowest BCUT2D eigenvalue weighted by atomic mass is 9.94. The summed E-state index contributed by atoms with van der Waals surface area (Å²) in [7, 11) is 1.36. The van der Waals surface area contributed by atoms with E-state index in [1.54, 1.807) is 18.3 Å². The first-order valence-corrected chi connectivity index (χ1v) is 8.91. The van der Waals surface area contributed by atoms with E-state index >= 15 is 0 Å². The third kappa shape index (κ3) is 3.34. The van der Waals surface area contributed by atoms with Crippen LogP contribution in [-0.4, -0.2) is 18.1 Å². The maximum atomic E-state index is 12.4. The van der Waals surface area contributed by atoms with Gasteiger partial charge in [0.1, 0.15) is 0 Å². The number of methoxy groups -OCH3 is 1. The van der Waals surface area contributed by atoms with Gasteiger partial charge in [0.05, 0.1) is 18.1 Å². The zero-order valence-electron chi connectivity index (χ0n) is 15.6. The fourth-order valence-corrected chi connectivity index (χ4v) is 3.20. The molecule has 0 fully saturated rings. The summed E-state index contributed by atoms with van der Waals surface area (Å²) < 4.78 is 4.91. The summed E-state index contributed by atoms with van der Waals surface area (Å²) in [5.74, 6) is -0.417. The molecule has 0 unspecified atom stereocenters. The van der Waals surface area contributed by atoms with Crippen LogP contribution in [0.15, 0.2) is 71.7 Å². The molecule has 1 N–H and O–H groups in total. The molecule has 4 rings (SSSR count). The van der Waals surface area contributed by atoms with E-state index in [2.05, 4.69) is 4.98 Å². The van der Waals surface area contributed by atoms with Gasteiger partial charge in [-0.3, -0.25) is 4.79 Å². The molecule has 0 radical (unpaired) electrons. The summed E-state index contributed by atoms with van der Waals surface area (Å²) in [6.45, 7) is 4.00.